The minimum Gasteiger partial charge on any atom is -0.390 e. The molecule has 3 aliphatic heterocycles. The fourth-order valence-corrected chi connectivity index (χ4v) is 3.09. The lowest BCUT2D eigenvalue weighted by Crippen LogP contribution is -2.60. The third kappa shape index (κ3) is 1.34. The van der Waals surface area contributed by atoms with E-state index in [9.17, 15) is 0 Å². The standard InChI is InChI=1S/C13H14N2O2/c1-2-4-8(5-3-1)12-11-10-7-6-9(14-16-10)13(11)17-15-12/h1-5,9-11,13-14H,6-7H2/t9-,10+,11+,13+/m1/s1. The minimum atomic E-state index is 0.151. The molecule has 0 unspecified atom stereocenters. The highest BCUT2D eigenvalue weighted by molar-refractivity contribution is 6.03. The summed E-state index contributed by atoms with van der Waals surface area (Å²) in [6.45, 7) is 0. The van der Waals surface area contributed by atoms with E-state index in [1.165, 1.54) is 0 Å². The lowest BCUT2D eigenvalue weighted by molar-refractivity contribution is -0.183. The number of benzene rings is 1. The van der Waals surface area contributed by atoms with E-state index in [1.807, 2.05) is 18.2 Å². The van der Waals surface area contributed by atoms with E-state index < -0.39 is 0 Å². The Hall–Kier alpha value is -1.39. The van der Waals surface area contributed by atoms with Crippen molar-refractivity contribution in [2.24, 2.45) is 11.1 Å². The Balaban J connectivity index is 1.71. The molecule has 88 valence electrons. The molecule has 0 spiro atoms. The zero-order valence-corrected chi connectivity index (χ0v) is 9.37. The SMILES string of the molecule is c1ccc(C2=NO[C@@H]3[C@H]2[C@@H]2CC[C@H]3NO2)cc1. The smallest absolute Gasteiger partial charge is 0.156 e. The van der Waals surface area contributed by atoms with E-state index in [-0.39, 0.29) is 24.2 Å². The number of fused-ring (bicyclic) bond motifs is 2. The van der Waals surface area contributed by atoms with Crippen molar-refractivity contribution in [2.75, 3.05) is 0 Å². The second kappa shape index (κ2) is 3.55. The van der Waals surface area contributed by atoms with Gasteiger partial charge in [0.05, 0.1) is 23.8 Å². The molecule has 17 heavy (non-hydrogen) atoms. The molecule has 5 rings (SSSR count). The van der Waals surface area contributed by atoms with Crippen molar-refractivity contribution in [1.29, 1.82) is 0 Å². The van der Waals surface area contributed by atoms with E-state index in [0.29, 0.717) is 0 Å². The van der Waals surface area contributed by atoms with E-state index in [0.717, 1.165) is 24.1 Å². The average Bonchev–Trinajstić information content (AvgIpc) is 2.88. The monoisotopic (exact) mass is 230 g/mol. The predicted octanol–water partition coefficient (Wildman–Crippen LogP) is 1.47. The molecule has 4 aliphatic rings. The summed E-state index contributed by atoms with van der Waals surface area (Å²) in [5.41, 5.74) is 5.26. The van der Waals surface area contributed by atoms with Gasteiger partial charge in [0.25, 0.3) is 0 Å². The van der Waals surface area contributed by atoms with Gasteiger partial charge >= 0.3 is 0 Å². The van der Waals surface area contributed by atoms with Crippen molar-refractivity contribution < 1.29 is 9.68 Å². The summed E-state index contributed by atoms with van der Waals surface area (Å²) in [4.78, 5) is 11.2. The van der Waals surface area contributed by atoms with Crippen LogP contribution in [0.3, 0.4) is 0 Å². The number of hydrogen-bond acceptors (Lipinski definition) is 4. The Kier molecular flexibility index (Phi) is 2.01. The largest absolute Gasteiger partial charge is 0.390 e. The van der Waals surface area contributed by atoms with Crippen LogP contribution in [0.5, 0.6) is 0 Å². The van der Waals surface area contributed by atoms with Crippen molar-refractivity contribution in [1.82, 2.24) is 5.48 Å². The van der Waals surface area contributed by atoms with Crippen LogP contribution >= 0.6 is 0 Å². The van der Waals surface area contributed by atoms with Crippen LogP contribution in [0.4, 0.5) is 0 Å². The second-order valence-corrected chi connectivity index (χ2v) is 4.90. The lowest BCUT2D eigenvalue weighted by atomic mass is 9.76. The highest BCUT2D eigenvalue weighted by atomic mass is 16.7. The molecule has 2 saturated heterocycles. The number of hydroxylamine groups is 1. The molecule has 1 aromatic carbocycles. The maximum atomic E-state index is 5.63. The molecule has 1 N–H and O–H groups in total. The minimum absolute atomic E-state index is 0.151. The first-order valence-corrected chi connectivity index (χ1v) is 6.14. The van der Waals surface area contributed by atoms with Gasteiger partial charge in [-0.25, -0.2) is 0 Å². The van der Waals surface area contributed by atoms with E-state index >= 15 is 0 Å². The molecule has 4 nitrogen and oxygen atoms in total. The third-order valence-corrected chi connectivity index (χ3v) is 3.94. The lowest BCUT2D eigenvalue weighted by Gasteiger charge is -2.43. The van der Waals surface area contributed by atoms with Gasteiger partial charge in [0, 0.05) is 0 Å². The summed E-state index contributed by atoms with van der Waals surface area (Å²) in [5.74, 6) is 0.289. The first kappa shape index (κ1) is 9.62. The summed E-state index contributed by atoms with van der Waals surface area (Å²) in [5, 5.41) is 4.29. The van der Waals surface area contributed by atoms with Crippen LogP contribution in [0.15, 0.2) is 35.5 Å². The Morgan fingerprint density at radius 2 is 2.06 bits per heavy atom. The highest BCUT2D eigenvalue weighted by Gasteiger charge is 2.52. The summed E-state index contributed by atoms with van der Waals surface area (Å²) in [6, 6.07) is 10.5. The average molecular weight is 230 g/mol. The molecule has 2 bridgehead atoms. The van der Waals surface area contributed by atoms with Crippen molar-refractivity contribution in [3.8, 4) is 0 Å². The normalized spacial score (nSPS) is 38.5. The van der Waals surface area contributed by atoms with Crippen molar-refractivity contribution in [2.45, 2.75) is 31.1 Å². The van der Waals surface area contributed by atoms with Crippen LogP contribution in [0.1, 0.15) is 18.4 Å². The first-order valence-electron chi connectivity index (χ1n) is 6.14. The molecule has 3 fully saturated rings. The Bertz CT molecular complexity index is 452. The van der Waals surface area contributed by atoms with Gasteiger partial charge in [-0.3, -0.25) is 4.84 Å². The summed E-state index contributed by atoms with van der Waals surface area (Å²) < 4.78 is 0. The number of rotatable bonds is 1. The molecular formula is C13H14N2O2. The number of nitrogens with one attached hydrogen (secondary N) is 1. The Morgan fingerprint density at radius 1 is 1.18 bits per heavy atom. The molecule has 4 heteroatoms. The van der Waals surface area contributed by atoms with Crippen LogP contribution in [-0.4, -0.2) is 24.0 Å². The molecular weight excluding hydrogens is 216 g/mol. The van der Waals surface area contributed by atoms with Crippen LogP contribution in [0.25, 0.3) is 0 Å². The maximum Gasteiger partial charge on any atom is 0.156 e. The van der Waals surface area contributed by atoms with Gasteiger partial charge in [0.2, 0.25) is 0 Å². The summed E-state index contributed by atoms with van der Waals surface area (Å²) >= 11 is 0. The van der Waals surface area contributed by atoms with Crippen molar-refractivity contribution >= 4 is 5.71 Å². The van der Waals surface area contributed by atoms with E-state index in [1.54, 1.807) is 0 Å². The molecule has 4 atom stereocenters. The van der Waals surface area contributed by atoms with Crippen LogP contribution in [-0.2, 0) is 9.68 Å². The predicted molar refractivity (Wildman–Crippen MR) is 62.4 cm³/mol. The third-order valence-electron chi connectivity index (χ3n) is 3.94. The van der Waals surface area contributed by atoms with Gasteiger partial charge in [-0.2, -0.15) is 5.48 Å². The molecule has 0 radical (unpaired) electrons. The van der Waals surface area contributed by atoms with Crippen molar-refractivity contribution in [3.63, 3.8) is 0 Å². The van der Waals surface area contributed by atoms with Crippen LogP contribution in [0, 0.1) is 5.92 Å². The fraction of sp³-hybridized carbons (Fsp3) is 0.462. The van der Waals surface area contributed by atoms with E-state index in [2.05, 4.69) is 22.8 Å². The topological polar surface area (TPSA) is 42.8 Å². The van der Waals surface area contributed by atoms with Crippen LogP contribution < -0.4 is 5.48 Å². The molecule has 1 aromatic rings. The number of oxime groups is 1. The zero-order valence-electron chi connectivity index (χ0n) is 9.37. The summed E-state index contributed by atoms with van der Waals surface area (Å²) in [6.07, 6.45) is 2.56. The van der Waals surface area contributed by atoms with Gasteiger partial charge in [0.1, 0.15) is 0 Å². The highest BCUT2D eigenvalue weighted by Crippen LogP contribution is 2.39. The molecule has 0 aromatic heterocycles. The van der Waals surface area contributed by atoms with Gasteiger partial charge in [0.15, 0.2) is 6.10 Å². The molecule has 3 heterocycles. The maximum absolute atomic E-state index is 5.63. The number of nitrogens with zero attached hydrogens (tertiary/aromatic N) is 1. The first-order chi connectivity index (χ1) is 8.43. The fourth-order valence-electron chi connectivity index (χ4n) is 3.09. The van der Waals surface area contributed by atoms with Gasteiger partial charge in [-0.05, 0) is 18.4 Å². The van der Waals surface area contributed by atoms with Crippen molar-refractivity contribution in [3.05, 3.63) is 35.9 Å². The molecule has 1 aliphatic carbocycles. The van der Waals surface area contributed by atoms with Gasteiger partial charge in [-0.15, -0.1) is 0 Å². The Labute approximate surface area is 99.5 Å². The molecule has 0 amide bonds. The van der Waals surface area contributed by atoms with Crippen LogP contribution in [0.2, 0.25) is 0 Å². The van der Waals surface area contributed by atoms with Gasteiger partial charge in [-0.1, -0.05) is 35.5 Å². The number of hydrogen-bond donors (Lipinski definition) is 1. The zero-order chi connectivity index (χ0) is 11.2. The van der Waals surface area contributed by atoms with E-state index in [4.69, 9.17) is 9.68 Å². The second-order valence-electron chi connectivity index (χ2n) is 4.90. The Morgan fingerprint density at radius 3 is 2.82 bits per heavy atom. The summed E-state index contributed by atoms with van der Waals surface area (Å²) in [7, 11) is 0. The quantitative estimate of drug-likeness (QED) is 0.794. The van der Waals surface area contributed by atoms with Gasteiger partial charge < -0.3 is 4.84 Å². The molecule has 1 saturated carbocycles.